The lowest BCUT2D eigenvalue weighted by Crippen LogP contribution is -2.48. The van der Waals surface area contributed by atoms with E-state index in [0.29, 0.717) is 0 Å². The smallest absolute Gasteiger partial charge is 0.200 e. The van der Waals surface area contributed by atoms with Gasteiger partial charge >= 0.3 is 0 Å². The third kappa shape index (κ3) is 3.34. The first-order chi connectivity index (χ1) is 14.4. The Kier molecular flexibility index (Phi) is 5.09. The Morgan fingerprint density at radius 1 is 0.867 bits per heavy atom. The van der Waals surface area contributed by atoms with Crippen molar-refractivity contribution in [2.75, 3.05) is 0 Å². The molecule has 0 unspecified atom stereocenters. The highest BCUT2D eigenvalue weighted by molar-refractivity contribution is 6.91. The maximum atomic E-state index is 2.58. The summed E-state index contributed by atoms with van der Waals surface area (Å²) in [7, 11) is 0.838. The average molecular weight is 415 g/mol. The summed E-state index contributed by atoms with van der Waals surface area (Å²) in [6.07, 6.45) is 12.1. The van der Waals surface area contributed by atoms with Crippen molar-refractivity contribution >= 4 is 24.0 Å². The molecule has 1 heterocycles. The molecular weight excluding hydrogens is 378 g/mol. The predicted octanol–water partition coefficient (Wildman–Crippen LogP) is 6.77. The summed E-state index contributed by atoms with van der Waals surface area (Å²) >= 11 is 0. The molecule has 0 spiro atoms. The van der Waals surface area contributed by atoms with Crippen LogP contribution >= 0.6 is 0 Å². The number of nitrogens with zero attached hydrogens (tertiary/aromatic N) is 1. The van der Waals surface area contributed by atoms with Gasteiger partial charge in [-0.25, -0.2) is 4.57 Å². The van der Waals surface area contributed by atoms with E-state index >= 15 is 0 Å². The van der Waals surface area contributed by atoms with Crippen LogP contribution in [0.2, 0.25) is 18.6 Å². The summed E-state index contributed by atoms with van der Waals surface area (Å²) in [6, 6.07) is 17.0. The van der Waals surface area contributed by atoms with Crippen molar-refractivity contribution in [3.63, 3.8) is 0 Å². The lowest BCUT2D eigenvalue weighted by Gasteiger charge is -2.39. The van der Waals surface area contributed by atoms with E-state index < -0.39 is 8.07 Å². The largest absolute Gasteiger partial charge is 0.220 e. The fourth-order valence-electron chi connectivity index (χ4n) is 5.88. The van der Waals surface area contributed by atoms with Gasteiger partial charge in [0, 0.05) is 11.6 Å². The second kappa shape index (κ2) is 7.64. The zero-order valence-corrected chi connectivity index (χ0v) is 20.2. The summed E-state index contributed by atoms with van der Waals surface area (Å²) in [4.78, 5) is 0. The van der Waals surface area contributed by atoms with Gasteiger partial charge in [0.15, 0.2) is 6.20 Å². The Balaban J connectivity index is 1.62. The van der Waals surface area contributed by atoms with Crippen molar-refractivity contribution in [1.82, 2.24) is 0 Å². The molecule has 2 aliphatic carbocycles. The molecule has 2 fully saturated rings. The molecule has 156 valence electrons. The molecule has 0 aliphatic heterocycles. The highest BCUT2D eigenvalue weighted by Gasteiger charge is 2.37. The van der Waals surface area contributed by atoms with Crippen LogP contribution in [0.4, 0.5) is 0 Å². The molecule has 0 bridgehead atoms. The van der Waals surface area contributed by atoms with Crippen LogP contribution in [0.5, 0.6) is 0 Å². The first kappa shape index (κ1) is 20.0. The molecule has 2 saturated carbocycles. The lowest BCUT2D eigenvalue weighted by atomic mass is 9.91. The second-order valence-corrected chi connectivity index (χ2v) is 15.3. The normalized spacial score (nSPS) is 18.1. The molecular formula is C28H36NSi+. The van der Waals surface area contributed by atoms with E-state index in [-0.39, 0.29) is 0 Å². The van der Waals surface area contributed by atoms with E-state index in [1.165, 1.54) is 72.5 Å². The average Bonchev–Trinajstić information content (AvgIpc) is 3.21. The Labute approximate surface area is 183 Å². The first-order valence-corrected chi connectivity index (χ1v) is 15.1. The number of aryl methyl sites for hydroxylation is 2. The van der Waals surface area contributed by atoms with Gasteiger partial charge in [-0.1, -0.05) is 74.7 Å². The van der Waals surface area contributed by atoms with Crippen LogP contribution in [0.25, 0.3) is 22.0 Å². The molecule has 0 saturated heterocycles. The second-order valence-electron chi connectivity index (χ2n) is 10.5. The number of benzene rings is 2. The maximum Gasteiger partial charge on any atom is 0.220 e. The van der Waals surface area contributed by atoms with Crippen LogP contribution in [-0.2, 0) is 7.05 Å². The first-order valence-electron chi connectivity index (χ1n) is 12.0. The molecule has 0 N–H and O–H groups in total. The number of rotatable bonds is 4. The fraction of sp³-hybridized carbons (Fsp3) is 0.464. The molecule has 2 aromatic carbocycles. The molecule has 0 radical (unpaired) electrons. The van der Waals surface area contributed by atoms with Crippen LogP contribution in [-0.4, -0.2) is 8.07 Å². The number of pyridine rings is 1. The molecule has 1 nitrogen and oxygen atoms in total. The van der Waals surface area contributed by atoms with Crippen LogP contribution in [0, 0.1) is 6.92 Å². The molecule has 5 rings (SSSR count). The van der Waals surface area contributed by atoms with Gasteiger partial charge in [-0.2, -0.15) is 0 Å². The highest BCUT2D eigenvalue weighted by Crippen LogP contribution is 2.41. The van der Waals surface area contributed by atoms with Crippen LogP contribution < -0.4 is 9.75 Å². The van der Waals surface area contributed by atoms with Gasteiger partial charge in [-0.15, -0.1) is 0 Å². The van der Waals surface area contributed by atoms with Crippen molar-refractivity contribution in [3.05, 3.63) is 59.8 Å². The standard InChI is InChI=1S/C28H36NSi/c1-20-12-13-22(21-8-5-6-9-21)19-27(20)28-26-15-14-25(18-23(26)16-17-29(28)2)30(3,4)24-10-7-11-24/h12-19,21,24H,5-11H2,1-4H3/q+1. The third-order valence-corrected chi connectivity index (χ3v) is 12.8. The van der Waals surface area contributed by atoms with Gasteiger partial charge in [0.25, 0.3) is 0 Å². The van der Waals surface area contributed by atoms with E-state index in [1.54, 1.807) is 10.8 Å². The lowest BCUT2D eigenvalue weighted by molar-refractivity contribution is -0.659. The molecule has 2 aliphatic rings. The molecule has 3 aromatic rings. The number of aromatic nitrogens is 1. The van der Waals surface area contributed by atoms with Gasteiger partial charge in [-0.3, -0.25) is 0 Å². The third-order valence-electron chi connectivity index (χ3n) is 8.35. The molecule has 0 amide bonds. The summed E-state index contributed by atoms with van der Waals surface area (Å²) < 4.78 is 2.33. The van der Waals surface area contributed by atoms with Gasteiger partial charge in [0.05, 0.1) is 13.5 Å². The van der Waals surface area contributed by atoms with E-state index in [4.69, 9.17) is 0 Å². The van der Waals surface area contributed by atoms with Crippen molar-refractivity contribution in [2.45, 2.75) is 76.4 Å². The van der Waals surface area contributed by atoms with E-state index in [9.17, 15) is 0 Å². The van der Waals surface area contributed by atoms with E-state index in [0.717, 1.165) is 11.5 Å². The Bertz CT molecular complexity index is 1090. The van der Waals surface area contributed by atoms with Gasteiger partial charge < -0.3 is 0 Å². The Hall–Kier alpha value is -1.93. The molecule has 2 heteroatoms. The Morgan fingerprint density at radius 3 is 2.33 bits per heavy atom. The highest BCUT2D eigenvalue weighted by atomic mass is 28.3. The number of fused-ring (bicyclic) bond motifs is 1. The van der Waals surface area contributed by atoms with Gasteiger partial charge in [-0.05, 0) is 59.9 Å². The van der Waals surface area contributed by atoms with Crippen LogP contribution in [0.15, 0.2) is 48.7 Å². The van der Waals surface area contributed by atoms with Gasteiger partial charge in [0.1, 0.15) is 7.05 Å². The minimum Gasteiger partial charge on any atom is -0.200 e. The summed E-state index contributed by atoms with van der Waals surface area (Å²) in [5.41, 5.74) is 6.68. The quantitative estimate of drug-likeness (QED) is 0.328. The molecule has 30 heavy (non-hydrogen) atoms. The monoisotopic (exact) mass is 414 g/mol. The summed E-state index contributed by atoms with van der Waals surface area (Å²) in [5.74, 6) is 0.755. The van der Waals surface area contributed by atoms with E-state index in [1.807, 2.05) is 0 Å². The van der Waals surface area contributed by atoms with Crippen LogP contribution in [0.1, 0.15) is 62.0 Å². The zero-order chi connectivity index (χ0) is 20.9. The van der Waals surface area contributed by atoms with Crippen molar-refractivity contribution in [3.8, 4) is 11.3 Å². The Morgan fingerprint density at radius 2 is 1.63 bits per heavy atom. The molecule has 0 atom stereocenters. The zero-order valence-electron chi connectivity index (χ0n) is 19.2. The summed E-state index contributed by atoms with van der Waals surface area (Å²) in [5, 5.41) is 4.44. The maximum absolute atomic E-state index is 2.58. The molecule has 1 aromatic heterocycles. The minimum absolute atomic E-state index is 0.755. The minimum atomic E-state index is -1.37. The van der Waals surface area contributed by atoms with Crippen molar-refractivity contribution in [2.24, 2.45) is 7.05 Å². The number of hydrogen-bond donors (Lipinski definition) is 0. The summed E-state index contributed by atoms with van der Waals surface area (Å²) in [6.45, 7) is 7.43. The predicted molar refractivity (Wildman–Crippen MR) is 131 cm³/mol. The topological polar surface area (TPSA) is 3.88 Å². The van der Waals surface area contributed by atoms with Crippen molar-refractivity contribution < 1.29 is 4.57 Å². The van der Waals surface area contributed by atoms with Gasteiger partial charge in [0.2, 0.25) is 5.69 Å². The SMILES string of the molecule is Cc1ccc(C2CCCC2)cc1-c1c2ccc([Si](C)(C)C3CCC3)cc2cc[n+]1C. The van der Waals surface area contributed by atoms with Crippen LogP contribution in [0.3, 0.4) is 0 Å². The van der Waals surface area contributed by atoms with E-state index in [2.05, 4.69) is 80.3 Å². The number of hydrogen-bond acceptors (Lipinski definition) is 0. The van der Waals surface area contributed by atoms with Crippen molar-refractivity contribution in [1.29, 1.82) is 0 Å². The fourth-order valence-corrected chi connectivity index (χ4v) is 9.25.